The molecule has 1 fully saturated rings. The summed E-state index contributed by atoms with van der Waals surface area (Å²) in [6.45, 7) is 4.27. The van der Waals surface area contributed by atoms with Crippen LogP contribution < -0.4 is 11.1 Å². The van der Waals surface area contributed by atoms with Gasteiger partial charge in [-0.05, 0) is 37.5 Å². The zero-order valence-corrected chi connectivity index (χ0v) is 14.8. The highest BCUT2D eigenvalue weighted by Crippen LogP contribution is 2.18. The van der Waals surface area contributed by atoms with Gasteiger partial charge in [-0.3, -0.25) is 14.6 Å². The van der Waals surface area contributed by atoms with Crippen LogP contribution in [0.15, 0.2) is 29.3 Å². The van der Waals surface area contributed by atoms with E-state index in [9.17, 15) is 9.59 Å². The van der Waals surface area contributed by atoms with E-state index in [-0.39, 0.29) is 11.9 Å². The number of nitrogens with two attached hydrogens (primary N) is 1. The number of amides is 1. The first-order valence-electron chi connectivity index (χ1n) is 8.56. The summed E-state index contributed by atoms with van der Waals surface area (Å²) in [7, 11) is 1.73. The first-order valence-corrected chi connectivity index (χ1v) is 8.56. The van der Waals surface area contributed by atoms with Crippen LogP contribution in [0.25, 0.3) is 0 Å². The summed E-state index contributed by atoms with van der Waals surface area (Å²) in [5, 5.41) is 3.30. The standard InChI is InChI=1S/C18H26N4O3/c1-3-25-17(24)15-5-4-10-22(12-15)18(20-2)21-11-13-6-8-14(9-7-13)16(19)23/h6-9,15H,3-5,10-12H2,1-2H3,(H2,19,23)(H,20,21). The summed E-state index contributed by atoms with van der Waals surface area (Å²) in [5.74, 6) is 0.0772. The number of piperidine rings is 1. The van der Waals surface area contributed by atoms with Gasteiger partial charge in [0.05, 0.1) is 12.5 Å². The van der Waals surface area contributed by atoms with Gasteiger partial charge in [0.2, 0.25) is 5.91 Å². The van der Waals surface area contributed by atoms with Crippen LogP contribution >= 0.6 is 0 Å². The number of ether oxygens (including phenoxy) is 1. The molecule has 136 valence electrons. The van der Waals surface area contributed by atoms with E-state index in [4.69, 9.17) is 10.5 Å². The third-order valence-electron chi connectivity index (χ3n) is 4.24. The molecule has 1 saturated heterocycles. The predicted octanol–water partition coefficient (Wildman–Crippen LogP) is 1.14. The van der Waals surface area contributed by atoms with E-state index in [2.05, 4.69) is 15.2 Å². The van der Waals surface area contributed by atoms with Crippen LogP contribution in [-0.2, 0) is 16.1 Å². The quantitative estimate of drug-likeness (QED) is 0.473. The Labute approximate surface area is 148 Å². The molecule has 7 heteroatoms. The van der Waals surface area contributed by atoms with Crippen LogP contribution in [0.4, 0.5) is 0 Å². The van der Waals surface area contributed by atoms with Crippen molar-refractivity contribution in [2.45, 2.75) is 26.3 Å². The molecule has 1 aliphatic rings. The number of guanidine groups is 1. The smallest absolute Gasteiger partial charge is 0.310 e. The van der Waals surface area contributed by atoms with Gasteiger partial charge in [-0.1, -0.05) is 12.1 Å². The number of rotatable bonds is 5. The summed E-state index contributed by atoms with van der Waals surface area (Å²) in [6, 6.07) is 7.13. The first kappa shape index (κ1) is 18.8. The SMILES string of the molecule is CCOC(=O)C1CCCN(C(=NC)NCc2ccc(C(N)=O)cc2)C1. The lowest BCUT2D eigenvalue weighted by Crippen LogP contribution is -2.48. The lowest BCUT2D eigenvalue weighted by Gasteiger charge is -2.34. The van der Waals surface area contributed by atoms with Crippen molar-refractivity contribution in [2.75, 3.05) is 26.7 Å². The van der Waals surface area contributed by atoms with Gasteiger partial charge < -0.3 is 20.7 Å². The number of hydrogen-bond donors (Lipinski definition) is 2. The van der Waals surface area contributed by atoms with Gasteiger partial charge in [0, 0.05) is 32.2 Å². The van der Waals surface area contributed by atoms with Crippen molar-refractivity contribution in [3.05, 3.63) is 35.4 Å². The number of primary amides is 1. The number of nitrogens with zero attached hydrogens (tertiary/aromatic N) is 2. The average Bonchev–Trinajstić information content (AvgIpc) is 2.63. The fraction of sp³-hybridized carbons (Fsp3) is 0.500. The summed E-state index contributed by atoms with van der Waals surface area (Å²) in [4.78, 5) is 29.5. The molecule has 0 aromatic heterocycles. The fourth-order valence-corrected chi connectivity index (χ4v) is 2.92. The maximum Gasteiger partial charge on any atom is 0.310 e. The van der Waals surface area contributed by atoms with E-state index >= 15 is 0 Å². The minimum Gasteiger partial charge on any atom is -0.466 e. The molecule has 0 aliphatic carbocycles. The first-order chi connectivity index (χ1) is 12.0. The van der Waals surface area contributed by atoms with Crippen LogP contribution in [-0.4, -0.2) is 49.5 Å². The minimum atomic E-state index is -0.436. The molecule has 1 heterocycles. The Morgan fingerprint density at radius 3 is 2.68 bits per heavy atom. The Balaban J connectivity index is 1.93. The number of carbonyl (C=O) groups is 2. The van der Waals surface area contributed by atoms with Crippen LogP contribution in [0.2, 0.25) is 0 Å². The minimum absolute atomic E-state index is 0.109. The molecule has 1 aromatic carbocycles. The van der Waals surface area contributed by atoms with Crippen LogP contribution in [0, 0.1) is 5.92 Å². The lowest BCUT2D eigenvalue weighted by molar-refractivity contribution is -0.149. The topological polar surface area (TPSA) is 97.0 Å². The molecule has 0 radical (unpaired) electrons. The maximum atomic E-state index is 12.0. The van der Waals surface area contributed by atoms with Crippen LogP contribution in [0.3, 0.4) is 0 Å². The second kappa shape index (κ2) is 9.05. The van der Waals surface area contributed by atoms with E-state index < -0.39 is 5.91 Å². The molecular formula is C18H26N4O3. The number of benzene rings is 1. The number of hydrogen-bond acceptors (Lipinski definition) is 4. The van der Waals surface area contributed by atoms with E-state index in [1.165, 1.54) is 0 Å². The second-order valence-corrected chi connectivity index (χ2v) is 6.00. The summed E-state index contributed by atoms with van der Waals surface area (Å²) in [5.41, 5.74) is 6.75. The van der Waals surface area contributed by atoms with Gasteiger partial charge in [0.25, 0.3) is 0 Å². The Morgan fingerprint density at radius 1 is 1.36 bits per heavy atom. The molecule has 1 unspecified atom stereocenters. The van der Waals surface area contributed by atoms with Crippen molar-refractivity contribution in [2.24, 2.45) is 16.6 Å². The van der Waals surface area contributed by atoms with E-state index in [1.54, 1.807) is 19.2 Å². The molecular weight excluding hydrogens is 320 g/mol. The monoisotopic (exact) mass is 346 g/mol. The van der Waals surface area contributed by atoms with Gasteiger partial charge in [0.1, 0.15) is 0 Å². The molecule has 1 amide bonds. The Hall–Kier alpha value is -2.57. The number of nitrogens with one attached hydrogen (secondary N) is 1. The molecule has 2 rings (SSSR count). The number of likely N-dealkylation sites (tertiary alicyclic amines) is 1. The van der Waals surface area contributed by atoms with Gasteiger partial charge in [-0.15, -0.1) is 0 Å². The molecule has 1 atom stereocenters. The number of esters is 1. The van der Waals surface area contributed by atoms with Crippen molar-refractivity contribution in [3.8, 4) is 0 Å². The van der Waals surface area contributed by atoms with Crippen molar-refractivity contribution >= 4 is 17.8 Å². The second-order valence-electron chi connectivity index (χ2n) is 6.00. The van der Waals surface area contributed by atoms with Crippen molar-refractivity contribution in [1.82, 2.24) is 10.2 Å². The summed E-state index contributed by atoms with van der Waals surface area (Å²) < 4.78 is 5.14. The van der Waals surface area contributed by atoms with Crippen molar-refractivity contribution in [1.29, 1.82) is 0 Å². The number of carbonyl (C=O) groups excluding carboxylic acids is 2. The Bertz CT molecular complexity index is 628. The number of aliphatic imine (C=N–C) groups is 1. The molecule has 0 saturated carbocycles. The Kier molecular flexibility index (Phi) is 6.80. The average molecular weight is 346 g/mol. The maximum absolute atomic E-state index is 12.0. The Morgan fingerprint density at radius 2 is 2.08 bits per heavy atom. The summed E-state index contributed by atoms with van der Waals surface area (Å²) in [6.07, 6.45) is 1.78. The highest BCUT2D eigenvalue weighted by molar-refractivity contribution is 5.92. The van der Waals surface area contributed by atoms with Gasteiger partial charge in [-0.2, -0.15) is 0 Å². The molecule has 1 aromatic rings. The third kappa shape index (κ3) is 5.20. The zero-order chi connectivity index (χ0) is 18.2. The van der Waals surface area contributed by atoms with Crippen molar-refractivity contribution in [3.63, 3.8) is 0 Å². The molecule has 25 heavy (non-hydrogen) atoms. The lowest BCUT2D eigenvalue weighted by atomic mass is 9.98. The van der Waals surface area contributed by atoms with E-state index in [0.717, 1.165) is 30.9 Å². The fourth-order valence-electron chi connectivity index (χ4n) is 2.92. The zero-order valence-electron chi connectivity index (χ0n) is 14.8. The van der Waals surface area contributed by atoms with Gasteiger partial charge >= 0.3 is 5.97 Å². The highest BCUT2D eigenvalue weighted by Gasteiger charge is 2.28. The van der Waals surface area contributed by atoms with Crippen LogP contribution in [0.5, 0.6) is 0 Å². The van der Waals surface area contributed by atoms with Gasteiger partial charge in [0.15, 0.2) is 5.96 Å². The van der Waals surface area contributed by atoms with E-state index in [1.807, 2.05) is 19.1 Å². The largest absolute Gasteiger partial charge is 0.466 e. The van der Waals surface area contributed by atoms with Gasteiger partial charge in [-0.25, -0.2) is 0 Å². The molecule has 0 bridgehead atoms. The normalized spacial score (nSPS) is 17.9. The molecule has 1 aliphatic heterocycles. The summed E-state index contributed by atoms with van der Waals surface area (Å²) >= 11 is 0. The third-order valence-corrected chi connectivity index (χ3v) is 4.24. The highest BCUT2D eigenvalue weighted by atomic mass is 16.5. The molecule has 0 spiro atoms. The molecule has 7 nitrogen and oxygen atoms in total. The van der Waals surface area contributed by atoms with Crippen molar-refractivity contribution < 1.29 is 14.3 Å². The van der Waals surface area contributed by atoms with Crippen LogP contribution in [0.1, 0.15) is 35.7 Å². The predicted molar refractivity (Wildman–Crippen MR) is 96.1 cm³/mol. The molecule has 3 N–H and O–H groups in total. The van der Waals surface area contributed by atoms with E-state index in [0.29, 0.717) is 25.3 Å².